The van der Waals surface area contributed by atoms with Crippen molar-refractivity contribution in [2.24, 2.45) is 0 Å². The van der Waals surface area contributed by atoms with Crippen LogP contribution in [-0.2, 0) is 0 Å². The van der Waals surface area contributed by atoms with Crippen molar-refractivity contribution in [2.75, 3.05) is 23.9 Å². The number of fused-ring (bicyclic) bond motifs is 1. The first-order chi connectivity index (χ1) is 15.5. The Morgan fingerprint density at radius 2 is 1.72 bits per heavy atom. The summed E-state index contributed by atoms with van der Waals surface area (Å²) in [7, 11) is 2.05. The van der Waals surface area contributed by atoms with E-state index in [0.29, 0.717) is 0 Å². The number of rotatable bonds is 8. The van der Waals surface area contributed by atoms with E-state index in [9.17, 15) is 5.11 Å². The van der Waals surface area contributed by atoms with Crippen LogP contribution in [0.5, 0.6) is 0 Å². The van der Waals surface area contributed by atoms with Gasteiger partial charge in [-0.15, -0.1) is 0 Å². The van der Waals surface area contributed by atoms with Crippen LogP contribution in [0.1, 0.15) is 33.2 Å². The van der Waals surface area contributed by atoms with Gasteiger partial charge in [0.15, 0.2) is 5.65 Å². The van der Waals surface area contributed by atoms with Crippen molar-refractivity contribution in [3.05, 3.63) is 67.0 Å². The van der Waals surface area contributed by atoms with Crippen molar-refractivity contribution in [3.63, 3.8) is 0 Å². The van der Waals surface area contributed by atoms with Crippen molar-refractivity contribution in [3.8, 4) is 11.1 Å². The fourth-order valence-electron chi connectivity index (χ4n) is 3.83. The van der Waals surface area contributed by atoms with Gasteiger partial charge in [0.05, 0.1) is 24.7 Å². The SMILES string of the molecule is CC[C@@H](CO)Nc1cc(N(C)c2ccc(-c3ccccc3)cc2)c2ncn(C(C)C)c2n1. The Morgan fingerprint density at radius 1 is 1.03 bits per heavy atom. The minimum Gasteiger partial charge on any atom is -0.394 e. The van der Waals surface area contributed by atoms with Gasteiger partial charge in [0.1, 0.15) is 11.3 Å². The first kappa shape index (κ1) is 21.8. The normalized spacial score (nSPS) is 12.3. The molecule has 4 rings (SSSR count). The zero-order valence-corrected chi connectivity index (χ0v) is 19.2. The van der Waals surface area contributed by atoms with Gasteiger partial charge in [0, 0.05) is 24.8 Å². The molecule has 2 aromatic carbocycles. The number of benzene rings is 2. The third-order valence-electron chi connectivity index (χ3n) is 5.85. The molecule has 0 amide bonds. The van der Waals surface area contributed by atoms with Crippen molar-refractivity contribution in [1.82, 2.24) is 14.5 Å². The van der Waals surface area contributed by atoms with Gasteiger partial charge in [-0.1, -0.05) is 49.4 Å². The van der Waals surface area contributed by atoms with Gasteiger partial charge in [-0.2, -0.15) is 0 Å². The van der Waals surface area contributed by atoms with Gasteiger partial charge >= 0.3 is 0 Å². The summed E-state index contributed by atoms with van der Waals surface area (Å²) < 4.78 is 2.08. The summed E-state index contributed by atoms with van der Waals surface area (Å²) in [5.41, 5.74) is 6.11. The van der Waals surface area contributed by atoms with Crippen LogP contribution in [0.2, 0.25) is 0 Å². The fraction of sp³-hybridized carbons (Fsp3) is 0.308. The molecular weight excluding hydrogens is 398 g/mol. The van der Waals surface area contributed by atoms with Crippen molar-refractivity contribution in [1.29, 1.82) is 0 Å². The summed E-state index contributed by atoms with van der Waals surface area (Å²) in [5.74, 6) is 0.739. The van der Waals surface area contributed by atoms with E-state index < -0.39 is 0 Å². The molecule has 0 spiro atoms. The molecule has 2 heterocycles. The predicted molar refractivity (Wildman–Crippen MR) is 133 cm³/mol. The van der Waals surface area contributed by atoms with E-state index in [2.05, 4.69) is 77.2 Å². The van der Waals surface area contributed by atoms with Gasteiger partial charge in [0.25, 0.3) is 0 Å². The number of aliphatic hydroxyl groups is 1. The maximum atomic E-state index is 9.66. The lowest BCUT2D eigenvalue weighted by atomic mass is 10.1. The molecule has 0 unspecified atom stereocenters. The van der Waals surface area contributed by atoms with Crippen LogP contribution >= 0.6 is 0 Å². The van der Waals surface area contributed by atoms with Gasteiger partial charge < -0.3 is 19.9 Å². The lowest BCUT2D eigenvalue weighted by molar-refractivity contribution is 0.271. The minimum atomic E-state index is -0.0429. The van der Waals surface area contributed by atoms with Crippen LogP contribution in [0.15, 0.2) is 67.0 Å². The summed E-state index contributed by atoms with van der Waals surface area (Å²) >= 11 is 0. The topological polar surface area (TPSA) is 66.2 Å². The van der Waals surface area contributed by atoms with Crippen LogP contribution in [0.3, 0.4) is 0 Å². The molecule has 0 saturated carbocycles. The van der Waals surface area contributed by atoms with Gasteiger partial charge in [-0.3, -0.25) is 0 Å². The van der Waals surface area contributed by atoms with E-state index in [4.69, 9.17) is 9.97 Å². The first-order valence-electron chi connectivity index (χ1n) is 11.2. The highest BCUT2D eigenvalue weighted by Crippen LogP contribution is 2.34. The summed E-state index contributed by atoms with van der Waals surface area (Å²) in [5, 5.41) is 13.0. The van der Waals surface area contributed by atoms with Gasteiger partial charge in [-0.05, 0) is 43.5 Å². The van der Waals surface area contributed by atoms with Crippen molar-refractivity contribution < 1.29 is 5.11 Å². The van der Waals surface area contributed by atoms with E-state index in [1.54, 1.807) is 0 Å². The number of anilines is 3. The fourth-order valence-corrected chi connectivity index (χ4v) is 3.83. The highest BCUT2D eigenvalue weighted by Gasteiger charge is 2.18. The van der Waals surface area contributed by atoms with Gasteiger partial charge in [-0.25, -0.2) is 9.97 Å². The second-order valence-electron chi connectivity index (χ2n) is 8.35. The summed E-state index contributed by atoms with van der Waals surface area (Å²) in [4.78, 5) is 11.7. The van der Waals surface area contributed by atoms with E-state index >= 15 is 0 Å². The Labute approximate surface area is 189 Å². The second-order valence-corrected chi connectivity index (χ2v) is 8.35. The molecule has 32 heavy (non-hydrogen) atoms. The molecule has 0 bridgehead atoms. The monoisotopic (exact) mass is 429 g/mol. The van der Waals surface area contributed by atoms with E-state index in [-0.39, 0.29) is 18.7 Å². The van der Waals surface area contributed by atoms with E-state index in [0.717, 1.165) is 34.8 Å². The quantitative estimate of drug-likeness (QED) is 0.380. The van der Waals surface area contributed by atoms with Crippen molar-refractivity contribution in [2.45, 2.75) is 39.3 Å². The maximum Gasteiger partial charge on any atom is 0.164 e. The third kappa shape index (κ3) is 4.32. The van der Waals surface area contributed by atoms with Crippen LogP contribution in [0.4, 0.5) is 17.2 Å². The Kier molecular flexibility index (Phi) is 6.42. The number of imidazole rings is 1. The number of aliphatic hydroxyl groups excluding tert-OH is 1. The molecule has 6 nitrogen and oxygen atoms in total. The van der Waals surface area contributed by atoms with Crippen LogP contribution < -0.4 is 10.2 Å². The molecule has 0 aliphatic carbocycles. The Balaban J connectivity index is 1.74. The summed E-state index contributed by atoms with van der Waals surface area (Å²) in [6.07, 6.45) is 2.66. The number of nitrogens with zero attached hydrogens (tertiary/aromatic N) is 4. The molecule has 0 aliphatic rings. The first-order valence-corrected chi connectivity index (χ1v) is 11.2. The Morgan fingerprint density at radius 3 is 2.34 bits per heavy atom. The molecule has 0 saturated heterocycles. The molecule has 2 aromatic heterocycles. The maximum absolute atomic E-state index is 9.66. The molecule has 4 aromatic rings. The zero-order chi connectivity index (χ0) is 22.7. The number of hydrogen-bond acceptors (Lipinski definition) is 5. The predicted octanol–water partition coefficient (Wildman–Crippen LogP) is 5.63. The van der Waals surface area contributed by atoms with E-state index in [1.807, 2.05) is 32.4 Å². The lowest BCUT2D eigenvalue weighted by Gasteiger charge is -2.23. The standard InChI is InChI=1S/C26H31N5O/c1-5-21(16-32)28-24-15-23(25-26(29-24)31(17-27-25)18(2)3)30(4)22-13-11-20(12-14-22)19-9-7-6-8-10-19/h6-15,17-18,21,32H,5,16H2,1-4H3,(H,28,29)/t21-/m0/s1. The van der Waals surface area contributed by atoms with Gasteiger partial charge in [0.2, 0.25) is 0 Å². The minimum absolute atomic E-state index is 0.0429. The molecule has 0 fully saturated rings. The number of pyridine rings is 1. The molecule has 166 valence electrons. The summed E-state index contributed by atoms with van der Waals surface area (Å²) in [6, 6.07) is 21.1. The van der Waals surface area contributed by atoms with Crippen molar-refractivity contribution >= 4 is 28.4 Å². The Hall–Kier alpha value is -3.38. The average Bonchev–Trinajstić information content (AvgIpc) is 3.26. The lowest BCUT2D eigenvalue weighted by Crippen LogP contribution is -2.23. The van der Waals surface area contributed by atoms with Crippen LogP contribution in [0, 0.1) is 0 Å². The molecule has 0 radical (unpaired) electrons. The summed E-state index contributed by atoms with van der Waals surface area (Å²) in [6.45, 7) is 6.35. The molecular formula is C26H31N5O. The zero-order valence-electron chi connectivity index (χ0n) is 19.2. The molecule has 1 atom stereocenters. The van der Waals surface area contributed by atoms with Crippen LogP contribution in [0.25, 0.3) is 22.3 Å². The Bertz CT molecular complexity index is 1160. The number of nitrogens with one attached hydrogen (secondary N) is 1. The highest BCUT2D eigenvalue weighted by molar-refractivity contribution is 5.91. The highest BCUT2D eigenvalue weighted by atomic mass is 16.3. The molecule has 6 heteroatoms. The molecule has 2 N–H and O–H groups in total. The largest absolute Gasteiger partial charge is 0.394 e. The van der Waals surface area contributed by atoms with Crippen LogP contribution in [-0.4, -0.2) is 39.3 Å². The second kappa shape index (κ2) is 9.40. The number of aromatic nitrogens is 3. The number of hydrogen-bond donors (Lipinski definition) is 2. The smallest absolute Gasteiger partial charge is 0.164 e. The van der Waals surface area contributed by atoms with E-state index in [1.165, 1.54) is 11.1 Å². The molecule has 0 aliphatic heterocycles. The average molecular weight is 430 g/mol. The third-order valence-corrected chi connectivity index (χ3v) is 5.85.